The monoisotopic (exact) mass is 818 g/mol. The van der Waals surface area contributed by atoms with Crippen LogP contribution in [0.15, 0.2) is 36.4 Å². The summed E-state index contributed by atoms with van der Waals surface area (Å²) in [6, 6.07) is -2.26. The smallest absolute Gasteiger partial charge is 0.445 e. The number of hydrogen-bond acceptors (Lipinski definition) is 3. The molecule has 0 spiro atoms. The summed E-state index contributed by atoms with van der Waals surface area (Å²) in [5.74, 6) is -2.20. The Labute approximate surface area is 288 Å². The maximum Gasteiger partial charge on any atom is 0.468 e. The van der Waals surface area contributed by atoms with Crippen LogP contribution >= 0.6 is 0 Å². The molecule has 0 unspecified atom stereocenters. The Hall–Kier alpha value is -3.74. The Morgan fingerprint density at radius 2 is 0.648 bits per heavy atom. The number of hydrogen-bond donors (Lipinski definition) is 0. The molecule has 4 rings (SSSR count). The Balaban J connectivity index is 0.00000253. The van der Waals surface area contributed by atoms with Crippen LogP contribution in [-0.4, -0.2) is 28.3 Å². The highest BCUT2D eigenvalue weighted by Crippen LogP contribution is 2.40. The molecule has 1 aliphatic heterocycles. The van der Waals surface area contributed by atoms with E-state index in [-0.39, 0.29) is 12.1 Å². The molecular weight excluding hydrogens is 804 g/mol. The third kappa shape index (κ3) is 9.92. The Morgan fingerprint density at radius 3 is 0.889 bits per heavy atom. The van der Waals surface area contributed by atoms with E-state index < -0.39 is 156 Å². The van der Waals surface area contributed by atoms with Crippen molar-refractivity contribution in [3.05, 3.63) is 86.7 Å². The fourth-order valence-corrected chi connectivity index (χ4v) is 5.20. The van der Waals surface area contributed by atoms with Crippen molar-refractivity contribution in [3.63, 3.8) is 0 Å². The van der Waals surface area contributed by atoms with E-state index in [1.54, 1.807) is 0 Å². The second kappa shape index (κ2) is 15.1. The molecule has 0 saturated carbocycles. The Bertz CT molecular complexity index is 1700. The van der Waals surface area contributed by atoms with Crippen LogP contribution in [0.3, 0.4) is 0 Å². The summed E-state index contributed by atoms with van der Waals surface area (Å²) in [5.41, 5.74) is -21.6. The van der Waals surface area contributed by atoms with Crippen LogP contribution < -0.4 is 16.4 Å². The zero-order valence-corrected chi connectivity index (χ0v) is 26.1. The first-order chi connectivity index (χ1) is 24.2. The zero-order chi connectivity index (χ0) is 41.7. The average molecular weight is 818 g/mol. The standard InChI is InChI=1S/C26H12B3F19O3.CH2F2/c1-9-3-11(21(31,32)33)5-14(23(37,38)39)18(9)27-49-28(19-10(2)4-12(22(34,35)36)6-15(19)24(40,41)42)51-29(50-27)20-16(25(43,44)45)7-13(30)8-17(20)26(46,47)48;2-1-3/h3-8H,1-2H3;1H2. The fraction of sp³-hybridized carbons (Fsp3) is 0.333. The maximum atomic E-state index is 14.2. The van der Waals surface area contributed by atoms with Crippen molar-refractivity contribution in [1.29, 1.82) is 0 Å². The molecular formula is C27H14B3F21O3. The van der Waals surface area contributed by atoms with E-state index in [0.29, 0.717) is 13.8 Å². The molecule has 3 nitrogen and oxygen atoms in total. The summed E-state index contributed by atoms with van der Waals surface area (Å²) in [7, 11) is -9.74. The van der Waals surface area contributed by atoms with E-state index in [2.05, 4.69) is 0 Å². The van der Waals surface area contributed by atoms with Gasteiger partial charge < -0.3 is 13.7 Å². The predicted molar refractivity (Wildman–Crippen MR) is 145 cm³/mol. The average Bonchev–Trinajstić information content (AvgIpc) is 2.97. The van der Waals surface area contributed by atoms with Crippen LogP contribution in [0.2, 0.25) is 0 Å². The van der Waals surface area contributed by atoms with Gasteiger partial charge in [-0.3, -0.25) is 0 Å². The molecule has 1 heterocycles. The van der Waals surface area contributed by atoms with Gasteiger partial charge in [-0.25, -0.2) is 13.2 Å². The molecule has 1 saturated heterocycles. The SMILES string of the molecule is Cc1cc(C(F)(F)F)cc(C(F)(F)F)c1B1OB(c2c(C)cc(C(F)(F)F)cc2C(F)(F)F)OB(c2c(C(F)(F)F)cc(F)cc2C(F)(F)F)O1.FCF. The van der Waals surface area contributed by atoms with Gasteiger partial charge in [-0.2, -0.15) is 79.0 Å². The normalized spacial score (nSPS) is 15.1. The van der Waals surface area contributed by atoms with E-state index in [0.717, 1.165) is 0 Å². The van der Waals surface area contributed by atoms with Gasteiger partial charge in [0.05, 0.1) is 33.4 Å². The molecule has 0 aromatic heterocycles. The van der Waals surface area contributed by atoms with Crippen LogP contribution in [0.5, 0.6) is 0 Å². The van der Waals surface area contributed by atoms with Gasteiger partial charge in [0.25, 0.3) is 0 Å². The van der Waals surface area contributed by atoms with Crippen molar-refractivity contribution in [2.45, 2.75) is 50.9 Å². The lowest BCUT2D eigenvalue weighted by molar-refractivity contribution is -0.144. The van der Waals surface area contributed by atoms with Gasteiger partial charge in [-0.05, 0) is 61.2 Å². The molecule has 27 heteroatoms. The summed E-state index contributed by atoms with van der Waals surface area (Å²) < 4.78 is 299. The third-order valence-corrected chi connectivity index (χ3v) is 7.24. The number of rotatable bonds is 3. The lowest BCUT2D eigenvalue weighted by Crippen LogP contribution is -2.64. The first-order valence-electron chi connectivity index (χ1n) is 13.9. The predicted octanol–water partition coefficient (Wildman–Crippen LogP) is 8.99. The highest BCUT2D eigenvalue weighted by Gasteiger charge is 2.55. The van der Waals surface area contributed by atoms with Gasteiger partial charge in [0.15, 0.2) is 0 Å². The van der Waals surface area contributed by atoms with Crippen molar-refractivity contribution in [2.24, 2.45) is 0 Å². The molecule has 0 bridgehead atoms. The fourth-order valence-electron chi connectivity index (χ4n) is 5.20. The van der Waals surface area contributed by atoms with Gasteiger partial charge in [-0.1, -0.05) is 11.1 Å². The molecule has 3 aromatic rings. The summed E-state index contributed by atoms with van der Waals surface area (Å²) in [6.07, 6.45) is -34.7. The highest BCUT2D eigenvalue weighted by atomic mass is 19.4. The van der Waals surface area contributed by atoms with Gasteiger partial charge in [-0.15, -0.1) is 0 Å². The van der Waals surface area contributed by atoms with Crippen molar-refractivity contribution < 1.29 is 106 Å². The van der Waals surface area contributed by atoms with Crippen LogP contribution in [0, 0.1) is 19.7 Å². The van der Waals surface area contributed by atoms with Crippen molar-refractivity contribution in [3.8, 4) is 0 Å². The van der Waals surface area contributed by atoms with Crippen LogP contribution in [0.1, 0.15) is 44.5 Å². The zero-order valence-electron chi connectivity index (χ0n) is 26.1. The Kier molecular flexibility index (Phi) is 12.5. The minimum Gasteiger partial charge on any atom is -0.445 e. The lowest BCUT2D eigenvalue weighted by Gasteiger charge is -2.36. The molecule has 0 aliphatic carbocycles. The van der Waals surface area contributed by atoms with Crippen molar-refractivity contribution >= 4 is 37.7 Å². The molecule has 0 atom stereocenters. The first-order valence-corrected chi connectivity index (χ1v) is 13.9. The minimum atomic E-state index is -5.99. The largest absolute Gasteiger partial charge is 0.468 e. The molecule has 1 fully saturated rings. The molecule has 54 heavy (non-hydrogen) atoms. The molecule has 0 N–H and O–H groups in total. The summed E-state index contributed by atoms with van der Waals surface area (Å²) in [6.45, 7) is -0.729. The number of halogens is 21. The maximum absolute atomic E-state index is 14.2. The summed E-state index contributed by atoms with van der Waals surface area (Å²) in [4.78, 5) is 0. The topological polar surface area (TPSA) is 27.7 Å². The van der Waals surface area contributed by atoms with E-state index in [4.69, 9.17) is 13.7 Å². The van der Waals surface area contributed by atoms with Crippen LogP contribution in [-0.2, 0) is 50.8 Å². The van der Waals surface area contributed by atoms with E-state index in [1.165, 1.54) is 0 Å². The second-order valence-corrected chi connectivity index (χ2v) is 10.9. The molecule has 296 valence electrons. The van der Waals surface area contributed by atoms with Crippen molar-refractivity contribution in [1.82, 2.24) is 0 Å². The highest BCUT2D eigenvalue weighted by molar-refractivity contribution is 6.88. The van der Waals surface area contributed by atoms with Crippen molar-refractivity contribution in [2.75, 3.05) is 6.93 Å². The van der Waals surface area contributed by atoms with Crippen LogP contribution in [0.25, 0.3) is 0 Å². The van der Waals surface area contributed by atoms with Gasteiger partial charge in [0.2, 0.25) is 6.93 Å². The number of benzene rings is 3. The lowest BCUT2D eigenvalue weighted by atomic mass is 9.57. The Morgan fingerprint density at radius 1 is 0.407 bits per heavy atom. The number of aryl methyl sites for hydroxylation is 2. The molecule has 3 aromatic carbocycles. The van der Waals surface area contributed by atoms with Crippen LogP contribution in [0.4, 0.5) is 92.2 Å². The van der Waals surface area contributed by atoms with E-state index in [9.17, 15) is 92.2 Å². The molecule has 0 radical (unpaired) electrons. The van der Waals surface area contributed by atoms with E-state index >= 15 is 0 Å². The van der Waals surface area contributed by atoms with Gasteiger partial charge in [0.1, 0.15) is 5.82 Å². The van der Waals surface area contributed by atoms with Gasteiger partial charge >= 0.3 is 58.4 Å². The second-order valence-electron chi connectivity index (χ2n) is 10.9. The third-order valence-electron chi connectivity index (χ3n) is 7.24. The molecule has 1 aliphatic rings. The molecule has 0 amide bonds. The minimum absolute atomic E-state index is 0.00146. The van der Waals surface area contributed by atoms with Gasteiger partial charge in [0, 0.05) is 5.46 Å². The number of alkyl halides is 20. The quantitative estimate of drug-likeness (QED) is 0.195. The summed E-state index contributed by atoms with van der Waals surface area (Å²) >= 11 is 0. The first kappa shape index (κ1) is 44.7. The van der Waals surface area contributed by atoms with E-state index in [1.807, 2.05) is 0 Å². The summed E-state index contributed by atoms with van der Waals surface area (Å²) in [5, 5.41) is 0.